The predicted molar refractivity (Wildman–Crippen MR) is 95.3 cm³/mol. The van der Waals surface area contributed by atoms with E-state index >= 15 is 0 Å². The Labute approximate surface area is 136 Å². The lowest BCUT2D eigenvalue weighted by Crippen LogP contribution is -2.40. The van der Waals surface area contributed by atoms with Crippen LogP contribution in [0.2, 0.25) is 0 Å². The topological polar surface area (TPSA) is 39.7 Å². The van der Waals surface area contributed by atoms with Crippen molar-refractivity contribution in [2.75, 3.05) is 33.7 Å². The Morgan fingerprint density at radius 1 is 1.32 bits per heavy atom. The van der Waals surface area contributed by atoms with Crippen molar-refractivity contribution in [3.63, 3.8) is 0 Å². The van der Waals surface area contributed by atoms with Crippen LogP contribution >= 0.6 is 0 Å². The summed E-state index contributed by atoms with van der Waals surface area (Å²) >= 11 is 0. The number of nitrogens with one attached hydrogen (secondary N) is 2. The molecule has 22 heavy (non-hydrogen) atoms. The molecule has 0 aromatic heterocycles. The highest BCUT2D eigenvalue weighted by molar-refractivity contribution is 5.79. The number of likely N-dealkylation sites (N-methyl/N-ethyl adjacent to an activating group) is 1. The molecule has 0 heterocycles. The van der Waals surface area contributed by atoms with Crippen LogP contribution < -0.4 is 10.6 Å². The normalized spacial score (nSPS) is 20.7. The third kappa shape index (κ3) is 5.99. The van der Waals surface area contributed by atoms with Gasteiger partial charge in [0.05, 0.1) is 6.54 Å². The van der Waals surface area contributed by atoms with E-state index in [9.17, 15) is 0 Å². The second-order valence-corrected chi connectivity index (χ2v) is 6.87. The molecular weight excluding hydrogens is 272 g/mol. The molecule has 0 radical (unpaired) electrons. The van der Waals surface area contributed by atoms with Gasteiger partial charge in [-0.1, -0.05) is 11.6 Å². The molecule has 2 aliphatic carbocycles. The van der Waals surface area contributed by atoms with Crippen molar-refractivity contribution in [1.29, 1.82) is 0 Å². The summed E-state index contributed by atoms with van der Waals surface area (Å²) in [6.45, 7) is 4.94. The Morgan fingerprint density at radius 3 is 2.73 bits per heavy atom. The summed E-state index contributed by atoms with van der Waals surface area (Å²) in [7, 11) is 4.35. The van der Waals surface area contributed by atoms with Gasteiger partial charge < -0.3 is 15.5 Å². The summed E-state index contributed by atoms with van der Waals surface area (Å²) in [6.07, 6.45) is 11.6. The van der Waals surface area contributed by atoms with Crippen LogP contribution in [0.1, 0.15) is 51.9 Å². The number of rotatable bonds is 8. The molecule has 0 aliphatic heterocycles. The monoisotopic (exact) mass is 306 g/mol. The first kappa shape index (κ1) is 17.3. The van der Waals surface area contributed by atoms with Gasteiger partial charge >= 0.3 is 0 Å². The maximum absolute atomic E-state index is 4.81. The van der Waals surface area contributed by atoms with Gasteiger partial charge in [0.25, 0.3) is 0 Å². The molecule has 0 spiro atoms. The summed E-state index contributed by atoms with van der Waals surface area (Å²) in [4.78, 5) is 7.14. The quantitative estimate of drug-likeness (QED) is 0.411. The lowest BCUT2D eigenvalue weighted by Gasteiger charge is -2.23. The lowest BCUT2D eigenvalue weighted by atomic mass is 9.97. The van der Waals surface area contributed by atoms with Gasteiger partial charge in [0.2, 0.25) is 0 Å². The molecule has 1 unspecified atom stereocenters. The fourth-order valence-corrected chi connectivity index (χ4v) is 3.21. The molecule has 0 bridgehead atoms. The number of nitrogens with zero attached hydrogens (tertiary/aromatic N) is 2. The molecule has 2 rings (SSSR count). The second-order valence-electron chi connectivity index (χ2n) is 6.87. The molecule has 1 saturated carbocycles. The largest absolute Gasteiger partial charge is 0.357 e. The fourth-order valence-electron chi connectivity index (χ4n) is 3.21. The Balaban J connectivity index is 1.77. The van der Waals surface area contributed by atoms with Crippen LogP contribution in [0.4, 0.5) is 0 Å². The van der Waals surface area contributed by atoms with Gasteiger partial charge in [-0.2, -0.15) is 0 Å². The van der Waals surface area contributed by atoms with Gasteiger partial charge in [0.1, 0.15) is 0 Å². The molecule has 0 amide bonds. The molecule has 4 nitrogen and oxygen atoms in total. The van der Waals surface area contributed by atoms with Crippen LogP contribution in [-0.4, -0.2) is 50.6 Å². The number of aliphatic imine (C=N–C) groups is 1. The first-order valence-electron chi connectivity index (χ1n) is 9.07. The van der Waals surface area contributed by atoms with Gasteiger partial charge in [0.15, 0.2) is 5.96 Å². The molecule has 1 fully saturated rings. The smallest absolute Gasteiger partial charge is 0.191 e. The minimum absolute atomic E-state index is 0.594. The molecule has 0 aromatic rings. The predicted octanol–water partition coefficient (Wildman–Crippen LogP) is 2.77. The minimum atomic E-state index is 0.594. The summed E-state index contributed by atoms with van der Waals surface area (Å²) in [5, 5.41) is 6.88. The molecule has 126 valence electrons. The first-order chi connectivity index (χ1) is 10.7. The van der Waals surface area contributed by atoms with Gasteiger partial charge in [-0.3, -0.25) is 4.99 Å². The number of hydrogen-bond donors (Lipinski definition) is 2. The van der Waals surface area contributed by atoms with Crippen LogP contribution in [0, 0.1) is 5.92 Å². The van der Waals surface area contributed by atoms with Crippen LogP contribution in [0.25, 0.3) is 0 Å². The van der Waals surface area contributed by atoms with E-state index in [1.165, 1.54) is 38.5 Å². The Bertz CT molecular complexity index is 381. The van der Waals surface area contributed by atoms with Gasteiger partial charge in [-0.05, 0) is 71.9 Å². The molecule has 2 aliphatic rings. The van der Waals surface area contributed by atoms with E-state index in [1.54, 1.807) is 5.57 Å². The van der Waals surface area contributed by atoms with Crippen LogP contribution in [0.3, 0.4) is 0 Å². The lowest BCUT2D eigenvalue weighted by molar-refractivity contribution is 0.271. The van der Waals surface area contributed by atoms with Gasteiger partial charge in [-0.15, -0.1) is 0 Å². The van der Waals surface area contributed by atoms with Crippen molar-refractivity contribution in [1.82, 2.24) is 15.5 Å². The van der Waals surface area contributed by atoms with Crippen molar-refractivity contribution in [3.05, 3.63) is 11.6 Å². The standard InChI is InChI=1S/C18H34N4/c1-4-19-18(20-13-12-15-8-6-5-7-9-15)21-14-17(22(2)3)16-10-11-16/h8,16-17H,4-7,9-14H2,1-3H3,(H2,19,20,21). The molecule has 0 saturated heterocycles. The molecule has 4 heteroatoms. The van der Waals surface area contributed by atoms with Crippen LogP contribution in [0.15, 0.2) is 16.6 Å². The minimum Gasteiger partial charge on any atom is -0.357 e. The average molecular weight is 306 g/mol. The second kappa shape index (κ2) is 9.19. The van der Waals surface area contributed by atoms with Gasteiger partial charge in [-0.25, -0.2) is 0 Å². The Kier molecular flexibility index (Phi) is 7.23. The highest BCUT2D eigenvalue weighted by atomic mass is 15.2. The summed E-state index contributed by atoms with van der Waals surface area (Å²) in [6, 6.07) is 0.594. The van der Waals surface area contributed by atoms with E-state index in [2.05, 4.69) is 42.6 Å². The molecule has 2 N–H and O–H groups in total. The maximum atomic E-state index is 4.81. The van der Waals surface area contributed by atoms with Crippen molar-refractivity contribution in [2.24, 2.45) is 10.9 Å². The Morgan fingerprint density at radius 2 is 2.14 bits per heavy atom. The summed E-state index contributed by atoms with van der Waals surface area (Å²) in [5.74, 6) is 1.83. The number of guanidine groups is 1. The summed E-state index contributed by atoms with van der Waals surface area (Å²) < 4.78 is 0. The highest BCUT2D eigenvalue weighted by Crippen LogP contribution is 2.34. The van der Waals surface area contributed by atoms with E-state index < -0.39 is 0 Å². The van der Waals surface area contributed by atoms with E-state index in [0.717, 1.165) is 37.9 Å². The third-order valence-corrected chi connectivity index (χ3v) is 4.73. The first-order valence-corrected chi connectivity index (χ1v) is 9.07. The zero-order valence-electron chi connectivity index (χ0n) is 14.7. The van der Waals surface area contributed by atoms with Crippen molar-refractivity contribution < 1.29 is 0 Å². The summed E-state index contributed by atoms with van der Waals surface area (Å²) in [5.41, 5.74) is 1.62. The number of hydrogen-bond acceptors (Lipinski definition) is 2. The van der Waals surface area contributed by atoms with Crippen LogP contribution in [-0.2, 0) is 0 Å². The molecule has 0 aromatic carbocycles. The van der Waals surface area contributed by atoms with Crippen molar-refractivity contribution in [2.45, 2.75) is 57.9 Å². The van der Waals surface area contributed by atoms with E-state index in [-0.39, 0.29) is 0 Å². The van der Waals surface area contributed by atoms with Gasteiger partial charge in [0, 0.05) is 19.1 Å². The van der Waals surface area contributed by atoms with E-state index in [0.29, 0.717) is 6.04 Å². The highest BCUT2D eigenvalue weighted by Gasteiger charge is 2.32. The average Bonchev–Trinajstić information content (AvgIpc) is 3.33. The van der Waals surface area contributed by atoms with E-state index in [1.807, 2.05) is 0 Å². The van der Waals surface area contributed by atoms with E-state index in [4.69, 9.17) is 4.99 Å². The molecular formula is C18H34N4. The maximum Gasteiger partial charge on any atom is 0.191 e. The SMILES string of the molecule is CCNC(=NCC(C1CC1)N(C)C)NCCC1=CCCCC1. The number of allylic oxidation sites excluding steroid dienone is 1. The fraction of sp³-hybridized carbons (Fsp3) is 0.833. The van der Waals surface area contributed by atoms with Crippen molar-refractivity contribution in [3.8, 4) is 0 Å². The van der Waals surface area contributed by atoms with Crippen LogP contribution in [0.5, 0.6) is 0 Å². The third-order valence-electron chi connectivity index (χ3n) is 4.73. The van der Waals surface area contributed by atoms with Crippen molar-refractivity contribution >= 4 is 5.96 Å². The zero-order valence-corrected chi connectivity index (χ0v) is 14.7. The molecule has 1 atom stereocenters. The zero-order chi connectivity index (χ0) is 15.8. The Hall–Kier alpha value is -1.03.